The molecule has 0 saturated carbocycles. The maximum atomic E-state index is 12.9. The lowest BCUT2D eigenvalue weighted by molar-refractivity contribution is -0.126. The van der Waals surface area contributed by atoms with E-state index in [-0.39, 0.29) is 11.9 Å². The van der Waals surface area contributed by atoms with Crippen LogP contribution in [0.15, 0.2) is 60.8 Å². The predicted octanol–water partition coefficient (Wildman–Crippen LogP) is 4.61. The summed E-state index contributed by atoms with van der Waals surface area (Å²) in [6.07, 6.45) is 7.11. The first-order valence-electron chi connectivity index (χ1n) is 10.2. The molecule has 3 aromatic rings. The number of aryl methyl sites for hydroxylation is 2. The van der Waals surface area contributed by atoms with Crippen molar-refractivity contribution in [2.45, 2.75) is 32.7 Å². The number of rotatable bonds is 5. The summed E-state index contributed by atoms with van der Waals surface area (Å²) in [4.78, 5) is 28.3. The first-order valence-corrected chi connectivity index (χ1v) is 10.2. The zero-order valence-corrected chi connectivity index (χ0v) is 17.2. The monoisotopic (exact) mass is 399 g/mol. The fourth-order valence-corrected chi connectivity index (χ4v) is 3.73. The van der Waals surface area contributed by atoms with Crippen LogP contribution in [-0.2, 0) is 4.79 Å². The van der Waals surface area contributed by atoms with Crippen LogP contribution in [0, 0.1) is 13.8 Å². The summed E-state index contributed by atoms with van der Waals surface area (Å²) in [6.45, 7) is 4.60. The van der Waals surface area contributed by atoms with Gasteiger partial charge < -0.3 is 10.2 Å². The van der Waals surface area contributed by atoms with Crippen LogP contribution >= 0.6 is 0 Å². The molecule has 0 bridgehead atoms. The minimum atomic E-state index is -0.0509. The smallest absolute Gasteiger partial charge is 0.247 e. The Balaban J connectivity index is 1.55. The molecular formula is C24H25N5O. The molecule has 1 saturated heterocycles. The van der Waals surface area contributed by atoms with Crippen LogP contribution in [0.5, 0.6) is 0 Å². The summed E-state index contributed by atoms with van der Waals surface area (Å²) < 4.78 is 0. The first kappa shape index (κ1) is 19.8. The van der Waals surface area contributed by atoms with Gasteiger partial charge in [-0.05, 0) is 50.0 Å². The van der Waals surface area contributed by atoms with E-state index in [1.165, 1.54) is 0 Å². The van der Waals surface area contributed by atoms with Crippen molar-refractivity contribution in [2.75, 3.05) is 11.9 Å². The number of nitrogens with one attached hydrogen (secondary N) is 1. The van der Waals surface area contributed by atoms with Gasteiger partial charge in [0.15, 0.2) is 0 Å². The molecule has 152 valence electrons. The second-order valence-electron chi connectivity index (χ2n) is 7.45. The number of benzene rings is 1. The standard InChI is InChI=1S/C24H25N5O/c1-17-8-6-14-25-24(17)28-22-16-20(26-18(2)27-22)21-11-7-15-29(21)23(30)13-12-19-9-4-3-5-10-19/h3-6,8-10,12-14,16,21H,7,11,15H2,1-2H3,(H,25,26,27,28)/b13-12+/t21-/m0/s1. The molecular weight excluding hydrogens is 374 g/mol. The van der Waals surface area contributed by atoms with Gasteiger partial charge in [-0.3, -0.25) is 4.79 Å². The van der Waals surface area contributed by atoms with Gasteiger partial charge in [-0.1, -0.05) is 36.4 Å². The van der Waals surface area contributed by atoms with E-state index in [0.717, 1.165) is 42.0 Å². The predicted molar refractivity (Wildman–Crippen MR) is 118 cm³/mol. The van der Waals surface area contributed by atoms with Crippen molar-refractivity contribution in [3.05, 3.63) is 83.4 Å². The highest BCUT2D eigenvalue weighted by molar-refractivity contribution is 5.92. The van der Waals surface area contributed by atoms with Crippen molar-refractivity contribution in [3.8, 4) is 0 Å². The number of carbonyl (C=O) groups is 1. The third kappa shape index (κ3) is 4.54. The summed E-state index contributed by atoms with van der Waals surface area (Å²) in [5.74, 6) is 2.14. The first-order chi connectivity index (χ1) is 14.6. The Morgan fingerprint density at radius 3 is 2.77 bits per heavy atom. The molecule has 0 unspecified atom stereocenters. The van der Waals surface area contributed by atoms with E-state index in [1.54, 1.807) is 12.3 Å². The van der Waals surface area contributed by atoms with E-state index >= 15 is 0 Å². The Hall–Kier alpha value is -3.54. The summed E-state index contributed by atoms with van der Waals surface area (Å²) in [5, 5.41) is 3.29. The quantitative estimate of drug-likeness (QED) is 0.635. The Bertz CT molecular complexity index is 1060. The largest absolute Gasteiger partial charge is 0.331 e. The summed E-state index contributed by atoms with van der Waals surface area (Å²) in [5.41, 5.74) is 2.91. The van der Waals surface area contributed by atoms with Crippen molar-refractivity contribution in [3.63, 3.8) is 0 Å². The molecule has 6 heteroatoms. The molecule has 0 aliphatic carbocycles. The molecule has 1 aliphatic heterocycles. The molecule has 30 heavy (non-hydrogen) atoms. The second kappa shape index (κ2) is 8.86. The molecule has 4 rings (SSSR count). The maximum absolute atomic E-state index is 12.9. The van der Waals surface area contributed by atoms with Crippen LogP contribution in [0.25, 0.3) is 6.08 Å². The lowest BCUT2D eigenvalue weighted by atomic mass is 10.1. The summed E-state index contributed by atoms with van der Waals surface area (Å²) in [7, 11) is 0. The number of anilines is 2. The van der Waals surface area contributed by atoms with Crippen LogP contribution in [-0.4, -0.2) is 32.3 Å². The molecule has 1 amide bonds. The lowest BCUT2D eigenvalue weighted by Crippen LogP contribution is -2.29. The minimum absolute atomic E-state index is 0.00713. The minimum Gasteiger partial charge on any atom is -0.331 e. The van der Waals surface area contributed by atoms with Crippen LogP contribution in [0.2, 0.25) is 0 Å². The van der Waals surface area contributed by atoms with Gasteiger partial charge in [0.05, 0.1) is 11.7 Å². The number of aromatic nitrogens is 3. The highest BCUT2D eigenvalue weighted by Crippen LogP contribution is 2.32. The highest BCUT2D eigenvalue weighted by atomic mass is 16.2. The van der Waals surface area contributed by atoms with E-state index in [2.05, 4.69) is 20.3 Å². The summed E-state index contributed by atoms with van der Waals surface area (Å²) >= 11 is 0. The van der Waals surface area contributed by atoms with Gasteiger partial charge in [0.25, 0.3) is 0 Å². The number of likely N-dealkylation sites (tertiary alicyclic amines) is 1. The number of hydrogen-bond acceptors (Lipinski definition) is 5. The maximum Gasteiger partial charge on any atom is 0.247 e. The van der Waals surface area contributed by atoms with Crippen LogP contribution < -0.4 is 5.32 Å². The third-order valence-electron chi connectivity index (χ3n) is 5.21. The molecule has 1 aromatic carbocycles. The molecule has 1 N–H and O–H groups in total. The number of hydrogen-bond donors (Lipinski definition) is 1. The fraction of sp³-hybridized carbons (Fsp3) is 0.250. The van der Waals surface area contributed by atoms with E-state index in [9.17, 15) is 4.79 Å². The normalized spacial score (nSPS) is 16.2. The molecule has 3 heterocycles. The van der Waals surface area contributed by atoms with Gasteiger partial charge in [0.2, 0.25) is 5.91 Å². The molecule has 0 spiro atoms. The van der Waals surface area contributed by atoms with E-state index in [0.29, 0.717) is 11.6 Å². The van der Waals surface area contributed by atoms with Crippen LogP contribution in [0.4, 0.5) is 11.6 Å². The number of nitrogens with zero attached hydrogens (tertiary/aromatic N) is 4. The van der Waals surface area contributed by atoms with Gasteiger partial charge in [0.1, 0.15) is 17.5 Å². The van der Waals surface area contributed by atoms with Crippen LogP contribution in [0.3, 0.4) is 0 Å². The summed E-state index contributed by atoms with van der Waals surface area (Å²) in [6, 6.07) is 15.6. The van der Waals surface area contributed by atoms with E-state index in [1.807, 2.05) is 73.4 Å². The SMILES string of the molecule is Cc1nc(Nc2ncccc2C)cc([C@@H]2CCCN2C(=O)/C=C/c2ccccc2)n1. The van der Waals surface area contributed by atoms with Crippen molar-refractivity contribution < 1.29 is 4.79 Å². The number of carbonyl (C=O) groups excluding carboxylic acids is 1. The lowest BCUT2D eigenvalue weighted by Gasteiger charge is -2.23. The Morgan fingerprint density at radius 2 is 1.97 bits per heavy atom. The Kier molecular flexibility index (Phi) is 5.84. The average molecular weight is 399 g/mol. The molecule has 1 atom stereocenters. The van der Waals surface area contributed by atoms with Crippen LogP contribution in [0.1, 0.15) is 41.5 Å². The number of pyridine rings is 1. The van der Waals surface area contributed by atoms with E-state index in [4.69, 9.17) is 0 Å². The Labute approximate surface area is 176 Å². The molecule has 2 aromatic heterocycles. The number of amides is 1. The zero-order valence-electron chi connectivity index (χ0n) is 17.2. The molecule has 1 fully saturated rings. The third-order valence-corrected chi connectivity index (χ3v) is 5.21. The molecule has 0 radical (unpaired) electrons. The van der Waals surface area contributed by atoms with Crippen molar-refractivity contribution in [1.29, 1.82) is 0 Å². The van der Waals surface area contributed by atoms with Crippen molar-refractivity contribution in [1.82, 2.24) is 19.9 Å². The molecule has 1 aliphatic rings. The van der Waals surface area contributed by atoms with Gasteiger partial charge in [-0.25, -0.2) is 15.0 Å². The topological polar surface area (TPSA) is 71.0 Å². The second-order valence-corrected chi connectivity index (χ2v) is 7.45. The van der Waals surface area contributed by atoms with E-state index < -0.39 is 0 Å². The van der Waals surface area contributed by atoms with Crippen molar-refractivity contribution >= 4 is 23.6 Å². The van der Waals surface area contributed by atoms with Gasteiger partial charge in [0, 0.05) is 24.9 Å². The molecule has 6 nitrogen and oxygen atoms in total. The van der Waals surface area contributed by atoms with Gasteiger partial charge in [-0.15, -0.1) is 0 Å². The van der Waals surface area contributed by atoms with Crippen molar-refractivity contribution in [2.24, 2.45) is 0 Å². The average Bonchev–Trinajstić information content (AvgIpc) is 3.24. The van der Waals surface area contributed by atoms with Gasteiger partial charge >= 0.3 is 0 Å². The Morgan fingerprint density at radius 1 is 1.13 bits per heavy atom. The fourth-order valence-electron chi connectivity index (χ4n) is 3.73. The van der Waals surface area contributed by atoms with Gasteiger partial charge in [-0.2, -0.15) is 0 Å². The zero-order chi connectivity index (χ0) is 20.9. The highest BCUT2D eigenvalue weighted by Gasteiger charge is 2.30.